The minimum absolute atomic E-state index is 0.192. The van der Waals surface area contributed by atoms with Crippen molar-refractivity contribution in [1.29, 1.82) is 0 Å². The molecule has 0 aliphatic carbocycles. The molecule has 31 heavy (non-hydrogen) atoms. The molecule has 0 saturated heterocycles. The molecule has 7 heteroatoms. The predicted molar refractivity (Wildman–Crippen MR) is 125 cm³/mol. The van der Waals surface area contributed by atoms with Crippen LogP contribution in [0.5, 0.6) is 0 Å². The standard InChI is InChI=1S/C24H32N4O2S/c1-4-13-27(14-5-2)23(29)12-15-28(18-21-7-6-16-30-21)24-25-22(26-31-24)17-20-10-8-19(3)9-11-20/h6-11,16H,4-5,12-15,17-18H2,1-3H3. The van der Waals surface area contributed by atoms with Crippen LogP contribution in [0.25, 0.3) is 0 Å². The summed E-state index contributed by atoms with van der Waals surface area (Å²) in [6, 6.07) is 12.3. The Morgan fingerprint density at radius 3 is 2.45 bits per heavy atom. The van der Waals surface area contributed by atoms with Crippen LogP contribution in [0.15, 0.2) is 47.1 Å². The van der Waals surface area contributed by atoms with E-state index >= 15 is 0 Å². The SMILES string of the molecule is CCCN(CCC)C(=O)CCN(Cc1ccco1)c1nc(Cc2ccc(C)cc2)ns1. The van der Waals surface area contributed by atoms with Gasteiger partial charge in [-0.05, 0) is 37.5 Å². The molecule has 2 heterocycles. The zero-order chi connectivity index (χ0) is 22.1. The van der Waals surface area contributed by atoms with E-state index < -0.39 is 0 Å². The molecule has 2 aromatic heterocycles. The fourth-order valence-corrected chi connectivity index (χ4v) is 4.17. The van der Waals surface area contributed by atoms with Crippen molar-refractivity contribution in [3.05, 3.63) is 65.4 Å². The second-order valence-electron chi connectivity index (χ2n) is 7.79. The van der Waals surface area contributed by atoms with Gasteiger partial charge < -0.3 is 14.2 Å². The average molecular weight is 441 g/mol. The maximum absolute atomic E-state index is 12.8. The molecule has 0 aliphatic heterocycles. The van der Waals surface area contributed by atoms with Gasteiger partial charge in [-0.25, -0.2) is 4.98 Å². The molecule has 6 nitrogen and oxygen atoms in total. The van der Waals surface area contributed by atoms with Gasteiger partial charge in [-0.3, -0.25) is 4.79 Å². The summed E-state index contributed by atoms with van der Waals surface area (Å²) >= 11 is 1.38. The molecular formula is C24H32N4O2S. The van der Waals surface area contributed by atoms with E-state index in [2.05, 4.69) is 54.3 Å². The Balaban J connectivity index is 1.69. The maximum atomic E-state index is 12.8. The van der Waals surface area contributed by atoms with Gasteiger partial charge >= 0.3 is 0 Å². The van der Waals surface area contributed by atoms with Crippen LogP contribution in [-0.4, -0.2) is 39.8 Å². The molecular weight excluding hydrogens is 408 g/mol. The maximum Gasteiger partial charge on any atom is 0.224 e. The van der Waals surface area contributed by atoms with E-state index in [1.54, 1.807) is 6.26 Å². The third kappa shape index (κ3) is 6.92. The Bertz CT molecular complexity index is 915. The molecule has 1 aromatic carbocycles. The normalized spacial score (nSPS) is 10.9. The number of furan rings is 1. The molecule has 3 aromatic rings. The first-order valence-corrected chi connectivity index (χ1v) is 11.8. The highest BCUT2D eigenvalue weighted by Gasteiger charge is 2.18. The quantitative estimate of drug-likeness (QED) is 0.393. The van der Waals surface area contributed by atoms with E-state index in [4.69, 9.17) is 9.40 Å². The number of amides is 1. The van der Waals surface area contributed by atoms with Gasteiger partial charge in [0.25, 0.3) is 0 Å². The lowest BCUT2D eigenvalue weighted by molar-refractivity contribution is -0.131. The molecule has 0 atom stereocenters. The number of nitrogens with zero attached hydrogens (tertiary/aromatic N) is 4. The molecule has 1 amide bonds. The molecule has 0 spiro atoms. The van der Waals surface area contributed by atoms with Gasteiger partial charge in [-0.15, -0.1) is 0 Å². The number of carbonyl (C=O) groups excluding carboxylic acids is 1. The van der Waals surface area contributed by atoms with Crippen LogP contribution in [0.1, 0.15) is 55.8 Å². The lowest BCUT2D eigenvalue weighted by Crippen LogP contribution is -2.35. The van der Waals surface area contributed by atoms with Gasteiger partial charge in [0.2, 0.25) is 11.0 Å². The number of benzene rings is 1. The van der Waals surface area contributed by atoms with Crippen molar-refractivity contribution in [2.45, 2.75) is 53.0 Å². The van der Waals surface area contributed by atoms with Crippen LogP contribution in [0.3, 0.4) is 0 Å². The molecule has 0 N–H and O–H groups in total. The van der Waals surface area contributed by atoms with Gasteiger partial charge in [0.1, 0.15) is 11.6 Å². The van der Waals surface area contributed by atoms with Crippen LogP contribution in [-0.2, 0) is 17.8 Å². The lowest BCUT2D eigenvalue weighted by atomic mass is 10.1. The van der Waals surface area contributed by atoms with Gasteiger partial charge in [-0.1, -0.05) is 43.7 Å². The Kier molecular flexibility index (Phi) is 8.64. The van der Waals surface area contributed by atoms with Gasteiger partial charge in [0, 0.05) is 44.0 Å². The number of carbonyl (C=O) groups is 1. The summed E-state index contributed by atoms with van der Waals surface area (Å²) in [7, 11) is 0. The second-order valence-corrected chi connectivity index (χ2v) is 8.52. The molecule has 0 unspecified atom stereocenters. The van der Waals surface area contributed by atoms with E-state index in [0.717, 1.165) is 42.6 Å². The lowest BCUT2D eigenvalue weighted by Gasteiger charge is -2.24. The molecule has 0 saturated carbocycles. The molecule has 166 valence electrons. The van der Waals surface area contributed by atoms with Gasteiger partial charge in [-0.2, -0.15) is 4.37 Å². The van der Waals surface area contributed by atoms with Crippen molar-refractivity contribution in [2.75, 3.05) is 24.5 Å². The van der Waals surface area contributed by atoms with Crippen molar-refractivity contribution >= 4 is 22.6 Å². The fourth-order valence-electron chi connectivity index (χ4n) is 3.46. The predicted octanol–water partition coefficient (Wildman–Crippen LogP) is 5.08. The summed E-state index contributed by atoms with van der Waals surface area (Å²) in [5.74, 6) is 1.84. The van der Waals surface area contributed by atoms with E-state index in [1.165, 1.54) is 22.7 Å². The monoisotopic (exact) mass is 440 g/mol. The minimum Gasteiger partial charge on any atom is -0.467 e. The van der Waals surface area contributed by atoms with Gasteiger partial charge in [0.15, 0.2) is 0 Å². The summed E-state index contributed by atoms with van der Waals surface area (Å²) in [5, 5.41) is 0.823. The number of aryl methyl sites for hydroxylation is 1. The number of hydrogen-bond acceptors (Lipinski definition) is 6. The van der Waals surface area contributed by atoms with Crippen molar-refractivity contribution in [3.8, 4) is 0 Å². The summed E-state index contributed by atoms with van der Waals surface area (Å²) in [5.41, 5.74) is 2.43. The molecule has 0 aliphatic rings. The van der Waals surface area contributed by atoms with Crippen molar-refractivity contribution < 1.29 is 9.21 Å². The van der Waals surface area contributed by atoms with E-state index in [0.29, 0.717) is 25.9 Å². The molecule has 0 radical (unpaired) electrons. The third-order valence-electron chi connectivity index (χ3n) is 5.07. The smallest absolute Gasteiger partial charge is 0.224 e. The summed E-state index contributed by atoms with van der Waals surface area (Å²) in [4.78, 5) is 21.6. The summed E-state index contributed by atoms with van der Waals surface area (Å²) in [6.07, 6.45) is 4.77. The molecule has 3 rings (SSSR count). The first-order chi connectivity index (χ1) is 15.1. The van der Waals surface area contributed by atoms with Crippen molar-refractivity contribution in [3.63, 3.8) is 0 Å². The average Bonchev–Trinajstić information content (AvgIpc) is 3.44. The first kappa shape index (κ1) is 23.0. The Morgan fingerprint density at radius 2 is 1.81 bits per heavy atom. The zero-order valence-electron chi connectivity index (χ0n) is 18.7. The highest BCUT2D eigenvalue weighted by atomic mass is 32.1. The van der Waals surface area contributed by atoms with E-state index in [-0.39, 0.29) is 5.91 Å². The summed E-state index contributed by atoms with van der Waals surface area (Å²) < 4.78 is 10.1. The highest BCUT2D eigenvalue weighted by Crippen LogP contribution is 2.22. The van der Waals surface area contributed by atoms with Crippen molar-refractivity contribution in [2.24, 2.45) is 0 Å². The Labute approximate surface area is 189 Å². The van der Waals surface area contributed by atoms with Crippen LogP contribution in [0.4, 0.5) is 5.13 Å². The molecule has 0 fully saturated rings. The zero-order valence-corrected chi connectivity index (χ0v) is 19.5. The number of rotatable bonds is 12. The van der Waals surface area contributed by atoms with Crippen LogP contribution in [0, 0.1) is 6.92 Å². The minimum atomic E-state index is 0.192. The third-order valence-corrected chi connectivity index (χ3v) is 5.89. The Morgan fingerprint density at radius 1 is 1.06 bits per heavy atom. The highest BCUT2D eigenvalue weighted by molar-refractivity contribution is 7.09. The number of anilines is 1. The first-order valence-electron chi connectivity index (χ1n) is 11.0. The number of aromatic nitrogens is 2. The largest absolute Gasteiger partial charge is 0.467 e. The van der Waals surface area contributed by atoms with E-state index in [9.17, 15) is 4.79 Å². The van der Waals surface area contributed by atoms with E-state index in [1.807, 2.05) is 17.0 Å². The second kappa shape index (κ2) is 11.6. The van der Waals surface area contributed by atoms with Crippen LogP contribution < -0.4 is 4.90 Å². The topological polar surface area (TPSA) is 62.5 Å². The molecule has 0 bridgehead atoms. The van der Waals surface area contributed by atoms with Crippen LogP contribution >= 0.6 is 11.5 Å². The van der Waals surface area contributed by atoms with Crippen molar-refractivity contribution in [1.82, 2.24) is 14.3 Å². The Hall–Kier alpha value is -2.67. The summed E-state index contributed by atoms with van der Waals surface area (Å²) in [6.45, 7) is 9.07. The van der Waals surface area contributed by atoms with Crippen LogP contribution in [0.2, 0.25) is 0 Å². The number of hydrogen-bond donors (Lipinski definition) is 0. The van der Waals surface area contributed by atoms with Gasteiger partial charge in [0.05, 0.1) is 12.8 Å². The fraction of sp³-hybridized carbons (Fsp3) is 0.458.